The van der Waals surface area contributed by atoms with Crippen molar-refractivity contribution in [3.05, 3.63) is 65.7 Å². The Hall–Kier alpha value is -7.66. The second-order valence-corrected chi connectivity index (χ2v) is 20.5. The number of carbonyl (C=O) groups excluding carboxylic acids is 11. The zero-order valence-electron chi connectivity index (χ0n) is 41.5. The van der Waals surface area contributed by atoms with Gasteiger partial charge in [-0.1, -0.05) is 64.1 Å². The van der Waals surface area contributed by atoms with Crippen LogP contribution in [0, 0.1) is 0 Å². The number of phenols is 1. The molecule has 0 bridgehead atoms. The van der Waals surface area contributed by atoms with E-state index >= 15 is 0 Å². The minimum atomic E-state index is -1.79. The molecule has 4 rings (SSSR count). The van der Waals surface area contributed by atoms with Gasteiger partial charge in [-0.25, -0.2) is 0 Å². The molecule has 27 nitrogen and oxygen atoms in total. The Labute approximate surface area is 445 Å². The summed E-state index contributed by atoms with van der Waals surface area (Å²) < 4.78 is 0. The third kappa shape index (κ3) is 20.6. The second kappa shape index (κ2) is 30.6. The number of nitrogens with zero attached hydrogens (tertiary/aromatic N) is 2. The lowest BCUT2D eigenvalue weighted by atomic mass is 10.0. The molecule has 29 heteroatoms. The molecule has 2 heterocycles. The minimum Gasteiger partial charge on any atom is -0.508 e. The van der Waals surface area contributed by atoms with Crippen molar-refractivity contribution >= 4 is 92.5 Å². The van der Waals surface area contributed by atoms with E-state index in [9.17, 15) is 57.8 Å². The Balaban J connectivity index is 1.70. The zero-order valence-corrected chi connectivity index (χ0v) is 43.2. The predicted octanol–water partition coefficient (Wildman–Crippen LogP) is -5.01. The molecule has 20 N–H and O–H groups in total. The van der Waals surface area contributed by atoms with Crippen molar-refractivity contribution in [2.45, 2.75) is 113 Å². The van der Waals surface area contributed by atoms with Crippen LogP contribution in [0.5, 0.6) is 5.75 Å². The molecule has 0 aromatic heterocycles. The largest absolute Gasteiger partial charge is 0.508 e. The molecule has 0 aliphatic carbocycles. The number of nitrogens with one attached hydrogen (secondary N) is 7. The number of amides is 11. The average molecular weight is 1100 g/mol. The third-order valence-corrected chi connectivity index (χ3v) is 14.3. The molecule has 0 spiro atoms. The van der Waals surface area contributed by atoms with Crippen molar-refractivity contribution in [2.75, 3.05) is 31.1 Å². The molecule has 0 saturated carbocycles. The number of rotatable bonds is 20. The SMILES string of the molecule is NC(=O)CC[C@@H]1NC(=O)[C@H](Cc2ccccc2)NC(=O)[C@H](Cc2ccc(O)cc2)NC(=O)[C@@H](N)CSSC[C@@H](C(=O)N2CCC[C@H]2C(=O)N[C@@H](CCCCN=C(N)N)C(=O)NCC(N)=O)NC(=O)[C@H](CC(N)=O)NC1=O. The van der Waals surface area contributed by atoms with Gasteiger partial charge in [0.15, 0.2) is 5.96 Å². The molecular weight excluding hydrogens is 1030 g/mol. The molecule has 414 valence electrons. The van der Waals surface area contributed by atoms with Gasteiger partial charge >= 0.3 is 0 Å². The van der Waals surface area contributed by atoms with Crippen molar-refractivity contribution in [3.8, 4) is 5.75 Å². The van der Waals surface area contributed by atoms with E-state index in [1.54, 1.807) is 30.3 Å². The van der Waals surface area contributed by atoms with Gasteiger partial charge in [0.25, 0.3) is 0 Å². The number of aromatic hydroxyl groups is 1. The molecule has 2 saturated heterocycles. The van der Waals surface area contributed by atoms with E-state index in [0.29, 0.717) is 30.4 Å². The lowest BCUT2D eigenvalue weighted by molar-refractivity contribution is -0.142. The third-order valence-electron chi connectivity index (χ3n) is 11.9. The van der Waals surface area contributed by atoms with Crippen LogP contribution in [0.15, 0.2) is 59.6 Å². The molecular formula is C47H67N15O12S2. The van der Waals surface area contributed by atoms with Crippen molar-refractivity contribution < 1.29 is 57.8 Å². The van der Waals surface area contributed by atoms with Crippen molar-refractivity contribution in [3.63, 3.8) is 0 Å². The number of likely N-dealkylation sites (tertiary alicyclic amines) is 1. The maximum atomic E-state index is 14.6. The van der Waals surface area contributed by atoms with Gasteiger partial charge in [-0.15, -0.1) is 0 Å². The van der Waals surface area contributed by atoms with E-state index in [4.69, 9.17) is 34.4 Å². The number of hydrogen-bond acceptors (Lipinski definition) is 16. The van der Waals surface area contributed by atoms with Gasteiger partial charge in [0.05, 0.1) is 19.0 Å². The highest BCUT2D eigenvalue weighted by atomic mass is 33.1. The molecule has 11 amide bonds. The number of benzene rings is 2. The molecule has 2 fully saturated rings. The summed E-state index contributed by atoms with van der Waals surface area (Å²) >= 11 is 0. The highest BCUT2D eigenvalue weighted by Gasteiger charge is 2.40. The van der Waals surface area contributed by atoms with Gasteiger partial charge in [0, 0.05) is 43.9 Å². The number of hydrogen-bond donors (Lipinski definition) is 14. The highest BCUT2D eigenvalue weighted by Crippen LogP contribution is 2.26. The summed E-state index contributed by atoms with van der Waals surface area (Å²) in [5.41, 5.74) is 34.4. The lowest BCUT2D eigenvalue weighted by Crippen LogP contribution is -2.61. The predicted molar refractivity (Wildman–Crippen MR) is 280 cm³/mol. The number of primary amides is 3. The molecule has 8 atom stereocenters. The van der Waals surface area contributed by atoms with E-state index in [-0.39, 0.29) is 62.0 Å². The summed E-state index contributed by atoms with van der Waals surface area (Å²) in [6.45, 7) is -0.281. The Morgan fingerprint density at radius 2 is 1.28 bits per heavy atom. The summed E-state index contributed by atoms with van der Waals surface area (Å²) in [5, 5.41) is 27.7. The van der Waals surface area contributed by atoms with E-state index in [0.717, 1.165) is 21.6 Å². The van der Waals surface area contributed by atoms with Crippen molar-refractivity contribution in [1.82, 2.24) is 42.1 Å². The van der Waals surface area contributed by atoms with Gasteiger partial charge in [-0.3, -0.25) is 57.7 Å². The van der Waals surface area contributed by atoms with Gasteiger partial charge in [-0.05, 0) is 61.8 Å². The van der Waals surface area contributed by atoms with Crippen LogP contribution in [0.4, 0.5) is 0 Å². The summed E-state index contributed by atoms with van der Waals surface area (Å²) in [5.74, 6) is -10.4. The smallest absolute Gasteiger partial charge is 0.246 e. The van der Waals surface area contributed by atoms with Crippen LogP contribution in [0.25, 0.3) is 0 Å². The minimum absolute atomic E-state index is 0.00997. The fraction of sp³-hybridized carbons (Fsp3) is 0.489. The van der Waals surface area contributed by atoms with Crippen LogP contribution in [0.2, 0.25) is 0 Å². The summed E-state index contributed by atoms with van der Waals surface area (Å²) in [6.07, 6.45) is -0.728. The van der Waals surface area contributed by atoms with Crippen LogP contribution < -0.4 is 71.6 Å². The van der Waals surface area contributed by atoms with E-state index in [1.807, 2.05) is 0 Å². The Morgan fingerprint density at radius 3 is 1.89 bits per heavy atom. The Kier molecular flexibility index (Phi) is 24.6. The van der Waals surface area contributed by atoms with Crippen LogP contribution in [-0.4, -0.2) is 160 Å². The van der Waals surface area contributed by atoms with Crippen LogP contribution in [0.1, 0.15) is 62.5 Å². The highest BCUT2D eigenvalue weighted by molar-refractivity contribution is 8.76. The molecule has 76 heavy (non-hydrogen) atoms. The lowest BCUT2D eigenvalue weighted by Gasteiger charge is -2.31. The van der Waals surface area contributed by atoms with Gasteiger partial charge < -0.3 is 81.6 Å². The molecule has 0 radical (unpaired) electrons. The first-order valence-electron chi connectivity index (χ1n) is 24.2. The fourth-order valence-electron chi connectivity index (χ4n) is 7.96. The van der Waals surface area contributed by atoms with Crippen LogP contribution in [-0.2, 0) is 65.6 Å². The molecule has 2 aliphatic rings. The van der Waals surface area contributed by atoms with E-state index in [2.05, 4.69) is 42.2 Å². The first kappa shape index (κ1) is 60.9. The van der Waals surface area contributed by atoms with Crippen molar-refractivity contribution in [2.24, 2.45) is 39.4 Å². The molecule has 2 aliphatic heterocycles. The second-order valence-electron chi connectivity index (χ2n) is 18.0. The van der Waals surface area contributed by atoms with Gasteiger partial charge in [0.2, 0.25) is 65.0 Å². The molecule has 2 aromatic carbocycles. The normalized spacial score (nSPS) is 22.5. The number of carbonyl (C=O) groups is 11. The number of unbranched alkanes of at least 4 members (excludes halogenated alkanes) is 1. The van der Waals surface area contributed by atoms with Gasteiger partial charge in [0.1, 0.15) is 48.0 Å². The topological polar surface area (TPSA) is 464 Å². The first-order valence-corrected chi connectivity index (χ1v) is 26.7. The number of phenolic OH excluding ortho intramolecular Hbond substituents is 1. The molecule has 0 unspecified atom stereocenters. The van der Waals surface area contributed by atoms with Crippen molar-refractivity contribution in [1.29, 1.82) is 0 Å². The summed E-state index contributed by atoms with van der Waals surface area (Å²) in [6, 6.07) is 2.88. The quantitative estimate of drug-likeness (QED) is 0.0255. The zero-order chi connectivity index (χ0) is 55.9. The molecule has 2 aromatic rings. The van der Waals surface area contributed by atoms with Crippen LogP contribution >= 0.6 is 21.6 Å². The Bertz CT molecular complexity index is 2430. The maximum Gasteiger partial charge on any atom is 0.246 e. The number of nitrogens with two attached hydrogens (primary N) is 6. The van der Waals surface area contributed by atoms with E-state index < -0.39 is 139 Å². The summed E-state index contributed by atoms with van der Waals surface area (Å²) in [7, 11) is 2.00. The summed E-state index contributed by atoms with van der Waals surface area (Å²) in [4.78, 5) is 154. The average Bonchev–Trinajstić information content (AvgIpc) is 3.87. The standard InChI is InChI=1S/C47H67N15O12S2/c48-28-23-75-76-24-34(46(74)62-18-6-10-35(62)45(73)57-29(40(68)55-22-38(51)66)9-4-5-17-54-47(52)53)61-44(72)33(21-37(50)65)60-41(69)30(15-16-36(49)64)56-42(70)32(19-25-7-2-1-3-8-25)59-43(71)31(58-39(28)67)20-26-11-13-27(63)14-12-26/h1-3,7-8,11-14,28-35,63H,4-6,9-10,15-24,48H2,(H2,49,64)(H2,50,65)(H2,51,66)(H,55,68)(H,56,70)(H,57,73)(H,58,67)(H,59,71)(H,60,69)(H,61,72)(H4,52,53,54)/t28-,29-,30-,31-,32-,33-,34-,35-/m0/s1. The Morgan fingerprint density at radius 1 is 0.697 bits per heavy atom. The van der Waals surface area contributed by atoms with Gasteiger partial charge in [-0.2, -0.15) is 0 Å². The van der Waals surface area contributed by atoms with Crippen LogP contribution in [0.3, 0.4) is 0 Å². The maximum absolute atomic E-state index is 14.6. The van der Waals surface area contributed by atoms with E-state index in [1.165, 1.54) is 29.2 Å². The number of aliphatic imine (C=N–C) groups is 1. The fourth-order valence-corrected chi connectivity index (χ4v) is 10.2. The number of guanidine groups is 1. The first-order chi connectivity index (χ1) is 36.1. The monoisotopic (exact) mass is 1100 g/mol.